The number of carbonyl (C=O) groups is 1. The summed E-state index contributed by atoms with van der Waals surface area (Å²) in [6.07, 6.45) is 0. The number of rotatable bonds is 7. The van der Waals surface area contributed by atoms with E-state index in [-0.39, 0.29) is 10.8 Å². The van der Waals surface area contributed by atoms with Gasteiger partial charge in [0, 0.05) is 30.0 Å². The van der Waals surface area contributed by atoms with Crippen LogP contribution in [0.15, 0.2) is 42.5 Å². The lowest BCUT2D eigenvalue weighted by atomic mass is 10.2. The number of aryl methyl sites for hydroxylation is 1. The minimum Gasteiger partial charge on any atom is -0.491 e. The Bertz CT molecular complexity index is 839. The zero-order valence-corrected chi connectivity index (χ0v) is 15.7. The average Bonchev–Trinajstić information content (AvgIpc) is 2.63. The van der Waals surface area contributed by atoms with Crippen molar-refractivity contribution in [1.29, 1.82) is 0 Å². The lowest BCUT2D eigenvalue weighted by Crippen LogP contribution is -2.34. The van der Waals surface area contributed by atoms with Crippen molar-refractivity contribution in [3.05, 3.63) is 63.7 Å². The van der Waals surface area contributed by atoms with Gasteiger partial charge in [-0.15, -0.1) is 0 Å². The van der Waals surface area contributed by atoms with Gasteiger partial charge in [0.15, 0.2) is 5.11 Å². The molecule has 9 heteroatoms. The Hall–Kier alpha value is -3.04. The first-order valence-electron chi connectivity index (χ1n) is 8.00. The topological polar surface area (TPSA) is 103 Å². The molecule has 0 bridgehead atoms. The number of anilines is 1. The highest BCUT2D eigenvalue weighted by atomic mass is 32.1. The summed E-state index contributed by atoms with van der Waals surface area (Å²) in [7, 11) is 1.59. The number of benzene rings is 2. The molecule has 0 spiro atoms. The monoisotopic (exact) mass is 389 g/mol. The third kappa shape index (κ3) is 6.01. The molecule has 0 fully saturated rings. The van der Waals surface area contributed by atoms with E-state index >= 15 is 0 Å². The quantitative estimate of drug-likeness (QED) is 0.325. The maximum atomic E-state index is 12.2. The second-order valence-corrected chi connectivity index (χ2v) is 5.94. The summed E-state index contributed by atoms with van der Waals surface area (Å²) in [5.41, 5.74) is 1.32. The molecule has 8 nitrogen and oxygen atoms in total. The summed E-state index contributed by atoms with van der Waals surface area (Å²) in [6, 6.07) is 11.2. The van der Waals surface area contributed by atoms with Crippen molar-refractivity contribution in [2.45, 2.75) is 6.92 Å². The number of nitro groups is 1. The molecule has 0 aliphatic heterocycles. The fourth-order valence-electron chi connectivity index (χ4n) is 2.17. The van der Waals surface area contributed by atoms with E-state index in [0.717, 1.165) is 0 Å². The van der Waals surface area contributed by atoms with Crippen molar-refractivity contribution < 1.29 is 19.2 Å². The van der Waals surface area contributed by atoms with Gasteiger partial charge < -0.3 is 14.8 Å². The number of nitro benzene ring substituents is 1. The second kappa shape index (κ2) is 9.60. The van der Waals surface area contributed by atoms with E-state index in [9.17, 15) is 14.9 Å². The summed E-state index contributed by atoms with van der Waals surface area (Å²) in [5, 5.41) is 16.3. The fourth-order valence-corrected chi connectivity index (χ4v) is 2.38. The Morgan fingerprint density at radius 2 is 1.89 bits per heavy atom. The van der Waals surface area contributed by atoms with Crippen LogP contribution in [0.25, 0.3) is 0 Å². The molecule has 0 radical (unpaired) electrons. The van der Waals surface area contributed by atoms with Crippen LogP contribution in [0.5, 0.6) is 5.75 Å². The normalized spacial score (nSPS) is 10.1. The minimum absolute atomic E-state index is 0.0295. The van der Waals surface area contributed by atoms with Crippen LogP contribution in [0.1, 0.15) is 15.9 Å². The maximum Gasteiger partial charge on any atom is 0.274 e. The number of nitrogens with one attached hydrogen (secondary N) is 2. The summed E-state index contributed by atoms with van der Waals surface area (Å²) >= 11 is 5.10. The number of ether oxygens (including phenoxy) is 2. The Kier molecular flexibility index (Phi) is 7.21. The lowest BCUT2D eigenvalue weighted by molar-refractivity contribution is -0.385. The van der Waals surface area contributed by atoms with E-state index in [2.05, 4.69) is 10.6 Å². The van der Waals surface area contributed by atoms with Crippen molar-refractivity contribution >= 4 is 34.6 Å². The third-order valence-electron chi connectivity index (χ3n) is 3.56. The molecule has 0 saturated heterocycles. The first kappa shape index (κ1) is 20.3. The molecule has 1 amide bonds. The number of amides is 1. The van der Waals surface area contributed by atoms with Crippen LogP contribution >= 0.6 is 12.2 Å². The lowest BCUT2D eigenvalue weighted by Gasteiger charge is -2.10. The van der Waals surface area contributed by atoms with Crippen molar-refractivity contribution in [3.63, 3.8) is 0 Å². The summed E-state index contributed by atoms with van der Waals surface area (Å²) in [5.74, 6) is 0.216. The Morgan fingerprint density at radius 1 is 1.19 bits per heavy atom. The van der Waals surface area contributed by atoms with Gasteiger partial charge in [-0.05, 0) is 49.5 Å². The molecule has 0 unspecified atom stereocenters. The highest BCUT2D eigenvalue weighted by Gasteiger charge is 2.13. The first-order chi connectivity index (χ1) is 12.9. The standard InChI is InChI=1S/C18H19N3O5S/c1-12-3-6-14(11-16(12)21(23)24)19-18(27)20-17(22)13-4-7-15(8-5-13)26-10-9-25-2/h3-8,11H,9-10H2,1-2H3,(H2,19,20,22,27). The molecule has 0 atom stereocenters. The number of thiocarbonyl (C=S) groups is 1. The van der Waals surface area contributed by atoms with E-state index in [0.29, 0.717) is 35.8 Å². The number of nitrogens with zero attached hydrogens (tertiary/aromatic N) is 1. The van der Waals surface area contributed by atoms with Crippen LogP contribution in [0, 0.1) is 17.0 Å². The van der Waals surface area contributed by atoms with Gasteiger partial charge >= 0.3 is 0 Å². The molecule has 27 heavy (non-hydrogen) atoms. The highest BCUT2D eigenvalue weighted by Crippen LogP contribution is 2.22. The SMILES string of the molecule is COCCOc1ccc(C(=O)NC(=S)Nc2ccc(C)c([N+](=O)[O-])c2)cc1. The molecule has 0 saturated carbocycles. The summed E-state index contributed by atoms with van der Waals surface area (Å²) < 4.78 is 10.3. The van der Waals surface area contributed by atoms with Crippen molar-refractivity contribution in [2.24, 2.45) is 0 Å². The predicted octanol–water partition coefficient (Wildman–Crippen LogP) is 3.06. The predicted molar refractivity (Wildman–Crippen MR) is 105 cm³/mol. The van der Waals surface area contributed by atoms with E-state index in [4.69, 9.17) is 21.7 Å². The number of carbonyl (C=O) groups excluding carboxylic acids is 1. The zero-order chi connectivity index (χ0) is 19.8. The van der Waals surface area contributed by atoms with Crippen LogP contribution in [0.4, 0.5) is 11.4 Å². The van der Waals surface area contributed by atoms with Gasteiger partial charge in [0.05, 0.1) is 11.5 Å². The van der Waals surface area contributed by atoms with Crippen LogP contribution < -0.4 is 15.4 Å². The summed E-state index contributed by atoms with van der Waals surface area (Å²) in [4.78, 5) is 22.8. The Morgan fingerprint density at radius 3 is 2.52 bits per heavy atom. The molecule has 0 aliphatic carbocycles. The molecule has 2 aromatic rings. The molecular weight excluding hydrogens is 370 g/mol. The summed E-state index contributed by atoms with van der Waals surface area (Å²) in [6.45, 7) is 2.53. The third-order valence-corrected chi connectivity index (χ3v) is 3.77. The first-order valence-corrected chi connectivity index (χ1v) is 8.40. The molecule has 0 aliphatic rings. The van der Waals surface area contributed by atoms with Crippen molar-refractivity contribution in [2.75, 3.05) is 25.6 Å². The fraction of sp³-hybridized carbons (Fsp3) is 0.222. The molecule has 2 rings (SSSR count). The second-order valence-electron chi connectivity index (χ2n) is 5.53. The van der Waals surface area contributed by atoms with Gasteiger partial charge in [-0.2, -0.15) is 0 Å². The van der Waals surface area contributed by atoms with Crippen molar-refractivity contribution in [1.82, 2.24) is 5.32 Å². The largest absolute Gasteiger partial charge is 0.491 e. The van der Waals surface area contributed by atoms with Crippen LogP contribution in [-0.2, 0) is 4.74 Å². The van der Waals surface area contributed by atoms with Crippen LogP contribution in [0.3, 0.4) is 0 Å². The van der Waals surface area contributed by atoms with Gasteiger partial charge in [0.1, 0.15) is 12.4 Å². The van der Waals surface area contributed by atoms with Crippen LogP contribution in [0.2, 0.25) is 0 Å². The smallest absolute Gasteiger partial charge is 0.274 e. The van der Waals surface area contributed by atoms with E-state index < -0.39 is 10.8 Å². The molecule has 2 aromatic carbocycles. The highest BCUT2D eigenvalue weighted by molar-refractivity contribution is 7.80. The minimum atomic E-state index is -0.474. The van der Waals surface area contributed by atoms with Gasteiger partial charge in [-0.25, -0.2) is 0 Å². The van der Waals surface area contributed by atoms with Gasteiger partial charge in [-0.3, -0.25) is 20.2 Å². The van der Waals surface area contributed by atoms with Crippen molar-refractivity contribution in [3.8, 4) is 5.75 Å². The number of hydrogen-bond acceptors (Lipinski definition) is 6. The Labute approximate surface area is 161 Å². The maximum absolute atomic E-state index is 12.2. The van der Waals surface area contributed by atoms with E-state index in [1.165, 1.54) is 6.07 Å². The average molecular weight is 389 g/mol. The molecule has 0 aromatic heterocycles. The number of hydrogen-bond donors (Lipinski definition) is 2. The van der Waals surface area contributed by atoms with Crippen LogP contribution in [-0.4, -0.2) is 36.3 Å². The van der Waals surface area contributed by atoms with E-state index in [1.807, 2.05) is 0 Å². The van der Waals surface area contributed by atoms with Gasteiger partial charge in [0.25, 0.3) is 11.6 Å². The van der Waals surface area contributed by atoms with Gasteiger partial charge in [-0.1, -0.05) is 6.07 Å². The molecule has 0 heterocycles. The molecule has 142 valence electrons. The van der Waals surface area contributed by atoms with Gasteiger partial charge in [0.2, 0.25) is 0 Å². The molecular formula is C18H19N3O5S. The zero-order valence-electron chi connectivity index (χ0n) is 14.9. The Balaban J connectivity index is 1.94. The van der Waals surface area contributed by atoms with E-state index in [1.54, 1.807) is 50.4 Å². The molecule has 2 N–H and O–H groups in total. The number of methoxy groups -OCH3 is 1.